The molecule has 0 bridgehead atoms. The SMILES string of the molecule is CCC(N)C(c1ccsc1)N(C)Cc1ccccc1. The van der Waals surface area contributed by atoms with Gasteiger partial charge in [-0.15, -0.1) is 0 Å². The number of nitrogens with zero attached hydrogens (tertiary/aromatic N) is 1. The van der Waals surface area contributed by atoms with Gasteiger partial charge in [-0.25, -0.2) is 0 Å². The first kappa shape index (κ1) is 14.3. The van der Waals surface area contributed by atoms with Crippen LogP contribution in [0, 0.1) is 0 Å². The summed E-state index contributed by atoms with van der Waals surface area (Å²) in [6, 6.07) is 13.2. The Kier molecular flexibility index (Phi) is 5.14. The zero-order valence-electron chi connectivity index (χ0n) is 11.6. The van der Waals surface area contributed by atoms with Crippen molar-refractivity contribution < 1.29 is 0 Å². The fourth-order valence-corrected chi connectivity index (χ4v) is 3.15. The molecule has 2 N–H and O–H groups in total. The highest BCUT2D eigenvalue weighted by Crippen LogP contribution is 2.27. The lowest BCUT2D eigenvalue weighted by Gasteiger charge is -2.32. The summed E-state index contributed by atoms with van der Waals surface area (Å²) in [4.78, 5) is 2.35. The van der Waals surface area contributed by atoms with Crippen LogP contribution < -0.4 is 5.73 Å². The van der Waals surface area contributed by atoms with Crippen LogP contribution in [0.3, 0.4) is 0 Å². The summed E-state index contributed by atoms with van der Waals surface area (Å²) in [5.74, 6) is 0. The average molecular weight is 274 g/mol. The Morgan fingerprint density at radius 3 is 2.53 bits per heavy atom. The van der Waals surface area contributed by atoms with Crippen LogP contribution >= 0.6 is 11.3 Å². The van der Waals surface area contributed by atoms with Crippen molar-refractivity contribution in [2.45, 2.75) is 32.0 Å². The van der Waals surface area contributed by atoms with Crippen LogP contribution in [0.15, 0.2) is 47.2 Å². The zero-order chi connectivity index (χ0) is 13.7. The lowest BCUT2D eigenvalue weighted by atomic mass is 9.98. The van der Waals surface area contributed by atoms with E-state index < -0.39 is 0 Å². The summed E-state index contributed by atoms with van der Waals surface area (Å²) in [6.07, 6.45) is 0.986. The Hall–Kier alpha value is -1.16. The van der Waals surface area contributed by atoms with Crippen molar-refractivity contribution in [2.75, 3.05) is 7.05 Å². The molecular weight excluding hydrogens is 252 g/mol. The third-order valence-corrected chi connectivity index (χ3v) is 4.21. The highest BCUT2D eigenvalue weighted by molar-refractivity contribution is 7.07. The van der Waals surface area contributed by atoms with Gasteiger partial charge in [0, 0.05) is 12.6 Å². The van der Waals surface area contributed by atoms with E-state index in [9.17, 15) is 0 Å². The van der Waals surface area contributed by atoms with E-state index in [0.29, 0.717) is 0 Å². The van der Waals surface area contributed by atoms with E-state index in [2.05, 4.69) is 66.0 Å². The summed E-state index contributed by atoms with van der Waals surface area (Å²) in [6.45, 7) is 3.08. The smallest absolute Gasteiger partial charge is 0.0507 e. The quantitative estimate of drug-likeness (QED) is 0.871. The highest BCUT2D eigenvalue weighted by atomic mass is 32.1. The molecule has 1 aromatic heterocycles. The Balaban J connectivity index is 2.14. The highest BCUT2D eigenvalue weighted by Gasteiger charge is 2.23. The number of thiophene rings is 1. The van der Waals surface area contributed by atoms with E-state index in [1.807, 2.05) is 0 Å². The Labute approximate surface area is 119 Å². The van der Waals surface area contributed by atoms with Crippen LogP contribution in [0.2, 0.25) is 0 Å². The molecule has 1 heterocycles. The molecule has 2 nitrogen and oxygen atoms in total. The maximum atomic E-state index is 6.33. The summed E-state index contributed by atoms with van der Waals surface area (Å²) >= 11 is 1.74. The molecule has 102 valence electrons. The summed E-state index contributed by atoms with van der Waals surface area (Å²) in [5.41, 5.74) is 8.98. The van der Waals surface area contributed by atoms with E-state index in [4.69, 9.17) is 5.73 Å². The minimum absolute atomic E-state index is 0.170. The Morgan fingerprint density at radius 2 is 1.95 bits per heavy atom. The molecule has 0 fully saturated rings. The molecule has 19 heavy (non-hydrogen) atoms. The van der Waals surface area contributed by atoms with Gasteiger partial charge < -0.3 is 5.73 Å². The second-order valence-corrected chi connectivity index (χ2v) is 5.75. The van der Waals surface area contributed by atoms with E-state index in [0.717, 1.165) is 13.0 Å². The monoisotopic (exact) mass is 274 g/mol. The van der Waals surface area contributed by atoms with Crippen LogP contribution in [-0.2, 0) is 6.54 Å². The summed E-state index contributed by atoms with van der Waals surface area (Å²) in [7, 11) is 2.16. The van der Waals surface area contributed by atoms with Crippen LogP contribution in [-0.4, -0.2) is 18.0 Å². The molecule has 0 amide bonds. The minimum Gasteiger partial charge on any atom is -0.326 e. The maximum Gasteiger partial charge on any atom is 0.0507 e. The first-order valence-corrected chi connectivity index (χ1v) is 7.68. The van der Waals surface area contributed by atoms with Gasteiger partial charge >= 0.3 is 0 Å². The normalized spacial score (nSPS) is 14.5. The van der Waals surface area contributed by atoms with Crippen molar-refractivity contribution >= 4 is 11.3 Å². The van der Waals surface area contributed by atoms with Gasteiger partial charge in [-0.05, 0) is 41.4 Å². The molecule has 3 heteroatoms. The standard InChI is InChI=1S/C16H22N2S/c1-3-15(17)16(14-9-10-19-12-14)18(2)11-13-7-5-4-6-8-13/h4-10,12,15-16H,3,11,17H2,1-2H3. The average Bonchev–Trinajstić information content (AvgIpc) is 2.93. The third-order valence-electron chi connectivity index (χ3n) is 3.51. The third kappa shape index (κ3) is 3.66. The van der Waals surface area contributed by atoms with Crippen LogP contribution in [0.5, 0.6) is 0 Å². The van der Waals surface area contributed by atoms with Crippen LogP contribution in [0.25, 0.3) is 0 Å². The van der Waals surface area contributed by atoms with Gasteiger partial charge in [0.1, 0.15) is 0 Å². The van der Waals surface area contributed by atoms with Gasteiger partial charge in [0.2, 0.25) is 0 Å². The van der Waals surface area contributed by atoms with Crippen LogP contribution in [0.4, 0.5) is 0 Å². The molecule has 1 aromatic carbocycles. The molecule has 0 saturated carbocycles. The van der Waals surface area contributed by atoms with Crippen molar-refractivity contribution in [3.63, 3.8) is 0 Å². The number of nitrogens with two attached hydrogens (primary N) is 1. The second kappa shape index (κ2) is 6.85. The molecule has 0 aliphatic heterocycles. The van der Waals surface area contributed by atoms with E-state index in [-0.39, 0.29) is 12.1 Å². The molecule has 0 aliphatic carbocycles. The summed E-state index contributed by atoms with van der Waals surface area (Å²) in [5, 5.41) is 4.34. The topological polar surface area (TPSA) is 29.3 Å². The van der Waals surface area contributed by atoms with Crippen molar-refractivity contribution in [2.24, 2.45) is 5.73 Å². The van der Waals surface area contributed by atoms with E-state index >= 15 is 0 Å². The van der Waals surface area contributed by atoms with Gasteiger partial charge in [-0.1, -0.05) is 37.3 Å². The number of hydrogen-bond acceptors (Lipinski definition) is 3. The number of benzene rings is 1. The van der Waals surface area contributed by atoms with Crippen LogP contribution in [0.1, 0.15) is 30.5 Å². The second-order valence-electron chi connectivity index (χ2n) is 4.97. The lowest BCUT2D eigenvalue weighted by molar-refractivity contribution is 0.202. The Bertz CT molecular complexity index is 467. The zero-order valence-corrected chi connectivity index (χ0v) is 12.4. The fraction of sp³-hybridized carbons (Fsp3) is 0.375. The molecule has 0 saturated heterocycles. The van der Waals surface area contributed by atoms with Gasteiger partial charge in [0.25, 0.3) is 0 Å². The first-order chi connectivity index (χ1) is 9.22. The fourth-order valence-electron chi connectivity index (χ4n) is 2.46. The Morgan fingerprint density at radius 1 is 1.21 bits per heavy atom. The van der Waals surface area contributed by atoms with Gasteiger partial charge in [0.15, 0.2) is 0 Å². The molecular formula is C16H22N2S. The van der Waals surface area contributed by atoms with Gasteiger partial charge in [-0.3, -0.25) is 4.90 Å². The minimum atomic E-state index is 0.170. The van der Waals surface area contributed by atoms with Crippen molar-refractivity contribution in [3.05, 3.63) is 58.3 Å². The van der Waals surface area contributed by atoms with Crippen molar-refractivity contribution in [1.29, 1.82) is 0 Å². The van der Waals surface area contributed by atoms with E-state index in [1.165, 1.54) is 11.1 Å². The number of rotatable bonds is 6. The predicted molar refractivity (Wildman–Crippen MR) is 83.2 cm³/mol. The maximum absolute atomic E-state index is 6.33. The van der Waals surface area contributed by atoms with Crippen molar-refractivity contribution in [1.82, 2.24) is 4.90 Å². The molecule has 0 aliphatic rings. The molecule has 2 rings (SSSR count). The predicted octanol–water partition coefficient (Wildman–Crippen LogP) is 3.66. The number of likely N-dealkylation sites (N-methyl/N-ethyl adjacent to an activating group) is 1. The molecule has 2 aromatic rings. The first-order valence-electron chi connectivity index (χ1n) is 6.74. The van der Waals surface area contributed by atoms with Gasteiger partial charge in [0.05, 0.1) is 6.04 Å². The molecule has 0 spiro atoms. The summed E-state index contributed by atoms with van der Waals surface area (Å²) < 4.78 is 0. The lowest BCUT2D eigenvalue weighted by Crippen LogP contribution is -2.38. The van der Waals surface area contributed by atoms with Gasteiger partial charge in [-0.2, -0.15) is 11.3 Å². The molecule has 2 unspecified atom stereocenters. The number of hydrogen-bond donors (Lipinski definition) is 1. The van der Waals surface area contributed by atoms with Crippen molar-refractivity contribution in [3.8, 4) is 0 Å². The van der Waals surface area contributed by atoms with E-state index in [1.54, 1.807) is 11.3 Å². The molecule has 0 radical (unpaired) electrons. The largest absolute Gasteiger partial charge is 0.326 e. The molecule has 2 atom stereocenters.